The highest BCUT2D eigenvalue weighted by atomic mass is 15.2. The minimum Gasteiger partial charge on any atom is -0.382 e. The molecule has 1 N–H and O–H groups in total. The molecule has 1 aliphatic heterocycles. The summed E-state index contributed by atoms with van der Waals surface area (Å²) in [7, 11) is 2.12. The summed E-state index contributed by atoms with van der Waals surface area (Å²) in [5.41, 5.74) is 2.56. The fourth-order valence-corrected chi connectivity index (χ4v) is 2.29. The third-order valence-electron chi connectivity index (χ3n) is 3.54. The van der Waals surface area contributed by atoms with Crippen LogP contribution in [-0.2, 0) is 0 Å². The zero-order chi connectivity index (χ0) is 13.9. The summed E-state index contributed by atoms with van der Waals surface area (Å²) in [6, 6.07) is 8.39. The first-order valence-electron chi connectivity index (χ1n) is 7.83. The summed E-state index contributed by atoms with van der Waals surface area (Å²) < 4.78 is 0. The van der Waals surface area contributed by atoms with E-state index in [0.29, 0.717) is 0 Å². The van der Waals surface area contributed by atoms with Gasteiger partial charge >= 0.3 is 0 Å². The van der Waals surface area contributed by atoms with E-state index in [0.717, 1.165) is 13.1 Å². The largest absolute Gasteiger partial charge is 0.382 e. The van der Waals surface area contributed by atoms with E-state index in [1.54, 1.807) is 0 Å². The molecule has 1 aromatic carbocycles. The van der Waals surface area contributed by atoms with Gasteiger partial charge in [0.05, 0.1) is 11.4 Å². The van der Waals surface area contributed by atoms with E-state index < -0.39 is 0 Å². The van der Waals surface area contributed by atoms with E-state index in [1.807, 2.05) is 0 Å². The van der Waals surface area contributed by atoms with Crippen molar-refractivity contribution < 1.29 is 0 Å². The van der Waals surface area contributed by atoms with Crippen molar-refractivity contribution in [3.05, 3.63) is 24.3 Å². The van der Waals surface area contributed by atoms with Gasteiger partial charge in [-0.3, -0.25) is 0 Å². The summed E-state index contributed by atoms with van der Waals surface area (Å²) in [5, 5.41) is 3.35. The predicted molar refractivity (Wildman–Crippen MR) is 87.3 cm³/mol. The number of nitrogens with one attached hydrogen (secondary N) is 1. The van der Waals surface area contributed by atoms with Gasteiger partial charge in [-0.25, -0.2) is 0 Å². The maximum Gasteiger partial charge on any atom is 0.0600 e. The van der Waals surface area contributed by atoms with E-state index in [2.05, 4.69) is 55.4 Å². The Hall–Kier alpha value is -1.18. The van der Waals surface area contributed by atoms with E-state index in [-0.39, 0.29) is 0 Å². The van der Waals surface area contributed by atoms with Crippen LogP contribution >= 0.6 is 0 Å². The van der Waals surface area contributed by atoms with Gasteiger partial charge in [-0.05, 0) is 12.1 Å². The number of rotatable bonds is 5. The maximum absolute atomic E-state index is 3.35. The smallest absolute Gasteiger partial charge is 0.0600 e. The molecule has 1 aromatic rings. The van der Waals surface area contributed by atoms with Crippen LogP contribution < -0.4 is 10.2 Å². The number of hydrogen-bond acceptors (Lipinski definition) is 2. The molecule has 19 heavy (non-hydrogen) atoms. The predicted octanol–water partition coefficient (Wildman–Crippen LogP) is 4.92. The second-order valence-electron chi connectivity index (χ2n) is 5.28. The molecule has 2 heteroatoms. The molecule has 0 saturated heterocycles. The monoisotopic (exact) mass is 262 g/mol. The highest BCUT2D eigenvalue weighted by molar-refractivity contribution is 5.71. The Balaban J connectivity index is 0.000000203. The number of nitrogens with zero attached hydrogens (tertiary/aromatic N) is 1. The Morgan fingerprint density at radius 3 is 2.21 bits per heavy atom. The van der Waals surface area contributed by atoms with Gasteiger partial charge in [0.1, 0.15) is 0 Å². The number of benzene rings is 1. The zero-order valence-corrected chi connectivity index (χ0v) is 12.9. The molecule has 0 aromatic heterocycles. The normalized spacial score (nSPS) is 13.1. The fourth-order valence-electron chi connectivity index (χ4n) is 2.29. The highest BCUT2D eigenvalue weighted by Crippen LogP contribution is 2.26. The Labute approximate surface area is 119 Å². The molecular weight excluding hydrogens is 232 g/mol. The number of unbranched alkanes of at least 4 members (excludes halogenated alkanes) is 5. The van der Waals surface area contributed by atoms with Gasteiger partial charge in [-0.15, -0.1) is 0 Å². The van der Waals surface area contributed by atoms with Crippen LogP contribution in [0.2, 0.25) is 0 Å². The first-order valence-corrected chi connectivity index (χ1v) is 7.83. The van der Waals surface area contributed by atoms with Crippen LogP contribution in [0, 0.1) is 0 Å². The lowest BCUT2D eigenvalue weighted by Crippen LogP contribution is -2.30. The number of para-hydroxylation sites is 2. The van der Waals surface area contributed by atoms with Crippen LogP contribution in [0.4, 0.5) is 11.4 Å². The standard InChI is InChI=1S/C9H12N2.C8H18/c1-11-7-6-10-8-4-2-3-5-9(8)11;1-3-5-7-8-6-4-2/h2-5,10H,6-7H2,1H3;3-8H2,1-2H3. The minimum atomic E-state index is 1.05. The molecule has 2 nitrogen and oxygen atoms in total. The summed E-state index contributed by atoms with van der Waals surface area (Å²) >= 11 is 0. The fraction of sp³-hybridized carbons (Fsp3) is 0.647. The van der Waals surface area contributed by atoms with Crippen molar-refractivity contribution in [2.45, 2.75) is 52.4 Å². The van der Waals surface area contributed by atoms with Crippen molar-refractivity contribution in [1.29, 1.82) is 0 Å². The minimum absolute atomic E-state index is 1.05. The Kier molecular flexibility index (Phi) is 8.11. The van der Waals surface area contributed by atoms with Crippen molar-refractivity contribution in [1.82, 2.24) is 0 Å². The molecule has 108 valence electrons. The quantitative estimate of drug-likeness (QED) is 0.758. The SMILES string of the molecule is CCCCCCCC.CN1CCNc2ccccc21. The van der Waals surface area contributed by atoms with E-state index in [4.69, 9.17) is 0 Å². The van der Waals surface area contributed by atoms with Crippen molar-refractivity contribution in [2.75, 3.05) is 30.4 Å². The highest BCUT2D eigenvalue weighted by Gasteiger charge is 2.10. The summed E-state index contributed by atoms with van der Waals surface area (Å²) in [4.78, 5) is 2.27. The molecule has 1 aliphatic rings. The lowest BCUT2D eigenvalue weighted by atomic mass is 10.1. The number of likely N-dealkylation sites (N-methyl/N-ethyl adjacent to an activating group) is 1. The van der Waals surface area contributed by atoms with Gasteiger partial charge < -0.3 is 10.2 Å². The molecule has 0 amide bonds. The average Bonchev–Trinajstić information content (AvgIpc) is 2.45. The zero-order valence-electron chi connectivity index (χ0n) is 12.9. The average molecular weight is 262 g/mol. The molecular formula is C17H30N2. The van der Waals surface area contributed by atoms with Crippen LogP contribution in [0.15, 0.2) is 24.3 Å². The van der Waals surface area contributed by atoms with Crippen LogP contribution in [0.5, 0.6) is 0 Å². The van der Waals surface area contributed by atoms with E-state index in [1.165, 1.54) is 49.9 Å². The molecule has 0 bridgehead atoms. The number of anilines is 2. The van der Waals surface area contributed by atoms with E-state index >= 15 is 0 Å². The van der Waals surface area contributed by atoms with Crippen LogP contribution in [0.1, 0.15) is 52.4 Å². The topological polar surface area (TPSA) is 15.3 Å². The van der Waals surface area contributed by atoms with Crippen molar-refractivity contribution >= 4 is 11.4 Å². The first-order chi connectivity index (χ1) is 9.29. The molecule has 1 heterocycles. The second-order valence-corrected chi connectivity index (χ2v) is 5.28. The van der Waals surface area contributed by atoms with Crippen LogP contribution in [0.3, 0.4) is 0 Å². The lowest BCUT2D eigenvalue weighted by molar-refractivity contribution is 0.624. The number of hydrogen-bond donors (Lipinski definition) is 1. The third-order valence-corrected chi connectivity index (χ3v) is 3.54. The molecule has 0 atom stereocenters. The summed E-state index contributed by atoms with van der Waals surface area (Å²) in [6.45, 7) is 6.66. The van der Waals surface area contributed by atoms with Gasteiger partial charge in [-0.1, -0.05) is 64.5 Å². The Morgan fingerprint density at radius 1 is 1.00 bits per heavy atom. The lowest BCUT2D eigenvalue weighted by Gasteiger charge is -2.28. The molecule has 0 radical (unpaired) electrons. The Morgan fingerprint density at radius 2 is 1.63 bits per heavy atom. The maximum atomic E-state index is 3.35. The van der Waals surface area contributed by atoms with Crippen molar-refractivity contribution in [3.63, 3.8) is 0 Å². The second kappa shape index (κ2) is 9.71. The van der Waals surface area contributed by atoms with E-state index in [9.17, 15) is 0 Å². The van der Waals surface area contributed by atoms with Gasteiger partial charge in [0.15, 0.2) is 0 Å². The molecule has 2 rings (SSSR count). The third kappa shape index (κ3) is 6.00. The number of fused-ring (bicyclic) bond motifs is 1. The van der Waals surface area contributed by atoms with Crippen LogP contribution in [-0.4, -0.2) is 20.1 Å². The summed E-state index contributed by atoms with van der Waals surface area (Å²) in [6.07, 6.45) is 8.49. The van der Waals surface area contributed by atoms with Gasteiger partial charge in [-0.2, -0.15) is 0 Å². The molecule has 0 fully saturated rings. The summed E-state index contributed by atoms with van der Waals surface area (Å²) in [5.74, 6) is 0. The first kappa shape index (κ1) is 15.9. The molecule has 0 spiro atoms. The van der Waals surface area contributed by atoms with Crippen molar-refractivity contribution in [2.24, 2.45) is 0 Å². The van der Waals surface area contributed by atoms with Gasteiger partial charge in [0.25, 0.3) is 0 Å². The van der Waals surface area contributed by atoms with Gasteiger partial charge in [0.2, 0.25) is 0 Å². The van der Waals surface area contributed by atoms with Crippen LogP contribution in [0.25, 0.3) is 0 Å². The van der Waals surface area contributed by atoms with Crippen molar-refractivity contribution in [3.8, 4) is 0 Å². The Bertz CT molecular complexity index is 330. The molecule has 0 aliphatic carbocycles. The molecule has 0 saturated carbocycles. The molecule has 0 unspecified atom stereocenters. The van der Waals surface area contributed by atoms with Gasteiger partial charge in [0, 0.05) is 20.1 Å².